The van der Waals surface area contributed by atoms with Crippen molar-refractivity contribution in [2.24, 2.45) is 5.92 Å². The largest absolute Gasteiger partial charge is 0.394 e. The zero-order chi connectivity index (χ0) is 16.8. The molecule has 1 atom stereocenters. The van der Waals surface area contributed by atoms with Crippen LogP contribution in [0.2, 0.25) is 0 Å². The van der Waals surface area contributed by atoms with E-state index < -0.39 is 0 Å². The highest BCUT2D eigenvalue weighted by Crippen LogP contribution is 2.15. The monoisotopic (exact) mass is 318 g/mol. The molecule has 1 aliphatic rings. The number of nitrogens with one attached hydrogen (secondary N) is 1. The van der Waals surface area contributed by atoms with Crippen LogP contribution in [0.25, 0.3) is 0 Å². The van der Waals surface area contributed by atoms with Crippen molar-refractivity contribution < 1.29 is 14.7 Å². The van der Waals surface area contributed by atoms with Crippen molar-refractivity contribution in [2.45, 2.75) is 45.7 Å². The predicted molar refractivity (Wildman–Crippen MR) is 88.9 cm³/mol. The summed E-state index contributed by atoms with van der Waals surface area (Å²) in [6, 6.07) is 7.10. The molecular weight excluding hydrogens is 292 g/mol. The van der Waals surface area contributed by atoms with Gasteiger partial charge in [0.05, 0.1) is 12.6 Å². The van der Waals surface area contributed by atoms with Gasteiger partial charge in [-0.3, -0.25) is 9.59 Å². The zero-order valence-electron chi connectivity index (χ0n) is 13.9. The van der Waals surface area contributed by atoms with Crippen LogP contribution >= 0.6 is 0 Å². The maximum absolute atomic E-state index is 12.2. The first kappa shape index (κ1) is 17.5. The van der Waals surface area contributed by atoms with E-state index in [2.05, 4.69) is 19.2 Å². The molecule has 1 unspecified atom stereocenters. The van der Waals surface area contributed by atoms with Crippen molar-refractivity contribution in [2.75, 3.05) is 13.2 Å². The third kappa shape index (κ3) is 5.06. The Morgan fingerprint density at radius 3 is 2.52 bits per heavy atom. The van der Waals surface area contributed by atoms with Crippen molar-refractivity contribution in [1.29, 1.82) is 0 Å². The molecule has 23 heavy (non-hydrogen) atoms. The van der Waals surface area contributed by atoms with Gasteiger partial charge in [0.15, 0.2) is 0 Å². The number of aliphatic hydroxyl groups excluding tert-OH is 1. The van der Waals surface area contributed by atoms with E-state index in [0.717, 1.165) is 24.9 Å². The first-order valence-electron chi connectivity index (χ1n) is 8.28. The normalized spacial score (nSPS) is 16.0. The van der Waals surface area contributed by atoms with Crippen LogP contribution in [0.5, 0.6) is 0 Å². The Kier molecular flexibility index (Phi) is 6.16. The number of likely N-dealkylation sites (tertiary alicyclic amines) is 1. The molecule has 0 aromatic heterocycles. The second-order valence-electron chi connectivity index (χ2n) is 6.60. The summed E-state index contributed by atoms with van der Waals surface area (Å²) in [5, 5.41) is 12.2. The minimum Gasteiger partial charge on any atom is -0.394 e. The highest BCUT2D eigenvalue weighted by Gasteiger charge is 2.20. The lowest BCUT2D eigenvalue weighted by Crippen LogP contribution is -2.38. The van der Waals surface area contributed by atoms with Gasteiger partial charge in [-0.25, -0.2) is 0 Å². The minimum absolute atomic E-state index is 0.0565. The SMILES string of the molecule is CC(C)CC(CO)NC(=O)c1ccc(CN2CCCC2=O)cc1. The lowest BCUT2D eigenvalue weighted by atomic mass is 10.0. The molecule has 0 spiro atoms. The molecule has 2 N–H and O–H groups in total. The number of hydrogen-bond acceptors (Lipinski definition) is 3. The second-order valence-corrected chi connectivity index (χ2v) is 6.60. The predicted octanol–water partition coefficient (Wildman–Crippen LogP) is 1.95. The van der Waals surface area contributed by atoms with Gasteiger partial charge in [0.25, 0.3) is 5.91 Å². The molecule has 0 aliphatic carbocycles. The molecule has 5 nitrogen and oxygen atoms in total. The van der Waals surface area contributed by atoms with Gasteiger partial charge in [0, 0.05) is 25.1 Å². The van der Waals surface area contributed by atoms with Crippen molar-refractivity contribution >= 4 is 11.8 Å². The first-order chi connectivity index (χ1) is 11.0. The van der Waals surface area contributed by atoms with Gasteiger partial charge < -0.3 is 15.3 Å². The molecule has 1 aliphatic heterocycles. The smallest absolute Gasteiger partial charge is 0.251 e. The Labute approximate surface area is 137 Å². The summed E-state index contributed by atoms with van der Waals surface area (Å²) >= 11 is 0. The highest BCUT2D eigenvalue weighted by atomic mass is 16.3. The van der Waals surface area contributed by atoms with Crippen molar-refractivity contribution in [3.63, 3.8) is 0 Å². The van der Waals surface area contributed by atoms with Gasteiger partial charge in [-0.15, -0.1) is 0 Å². The van der Waals surface area contributed by atoms with Gasteiger partial charge >= 0.3 is 0 Å². The molecule has 1 aromatic carbocycles. The van der Waals surface area contributed by atoms with Gasteiger partial charge in [0.2, 0.25) is 5.91 Å². The quantitative estimate of drug-likeness (QED) is 0.807. The van der Waals surface area contributed by atoms with Crippen LogP contribution in [-0.4, -0.2) is 41.0 Å². The fourth-order valence-electron chi connectivity index (χ4n) is 2.87. The third-order valence-electron chi connectivity index (χ3n) is 4.07. The van der Waals surface area contributed by atoms with Crippen LogP contribution in [0.15, 0.2) is 24.3 Å². The van der Waals surface area contributed by atoms with Gasteiger partial charge in [-0.05, 0) is 36.5 Å². The fourth-order valence-corrected chi connectivity index (χ4v) is 2.87. The molecular formula is C18H26N2O3. The minimum atomic E-state index is -0.218. The first-order valence-corrected chi connectivity index (χ1v) is 8.28. The molecule has 0 saturated carbocycles. The van der Waals surface area contributed by atoms with Crippen LogP contribution in [0.1, 0.15) is 49.0 Å². The van der Waals surface area contributed by atoms with E-state index >= 15 is 0 Å². The Bertz CT molecular complexity index is 540. The Hall–Kier alpha value is -1.88. The standard InChI is InChI=1S/C18H26N2O3/c1-13(2)10-16(12-21)19-18(23)15-7-5-14(6-8-15)11-20-9-3-4-17(20)22/h5-8,13,16,21H,3-4,9-12H2,1-2H3,(H,19,23). The van der Waals surface area contributed by atoms with E-state index in [1.54, 1.807) is 12.1 Å². The lowest BCUT2D eigenvalue weighted by molar-refractivity contribution is -0.128. The number of aliphatic hydroxyl groups is 1. The van der Waals surface area contributed by atoms with E-state index in [9.17, 15) is 14.7 Å². The van der Waals surface area contributed by atoms with E-state index in [-0.39, 0.29) is 24.5 Å². The summed E-state index contributed by atoms with van der Waals surface area (Å²) < 4.78 is 0. The Balaban J connectivity index is 1.92. The molecule has 0 bridgehead atoms. The summed E-state index contributed by atoms with van der Waals surface area (Å²) in [6.07, 6.45) is 2.31. The van der Waals surface area contributed by atoms with E-state index in [4.69, 9.17) is 0 Å². The summed E-state index contributed by atoms with van der Waals surface area (Å²) in [6.45, 7) is 5.48. The van der Waals surface area contributed by atoms with Gasteiger partial charge in [-0.1, -0.05) is 26.0 Å². The number of nitrogens with zero attached hydrogens (tertiary/aromatic N) is 1. The van der Waals surface area contributed by atoms with Gasteiger partial charge in [0.1, 0.15) is 0 Å². The van der Waals surface area contributed by atoms with Crippen LogP contribution in [-0.2, 0) is 11.3 Å². The summed E-state index contributed by atoms with van der Waals surface area (Å²) in [7, 11) is 0. The molecule has 1 heterocycles. The number of hydrogen-bond donors (Lipinski definition) is 2. The van der Waals surface area contributed by atoms with Crippen molar-refractivity contribution in [3.05, 3.63) is 35.4 Å². The maximum Gasteiger partial charge on any atom is 0.251 e. The van der Waals surface area contributed by atoms with Crippen molar-refractivity contribution in [1.82, 2.24) is 10.2 Å². The van der Waals surface area contributed by atoms with E-state index in [0.29, 0.717) is 24.4 Å². The van der Waals surface area contributed by atoms with Crippen LogP contribution < -0.4 is 5.32 Å². The van der Waals surface area contributed by atoms with Gasteiger partial charge in [-0.2, -0.15) is 0 Å². The van der Waals surface area contributed by atoms with Crippen LogP contribution in [0.3, 0.4) is 0 Å². The molecule has 0 radical (unpaired) electrons. The van der Waals surface area contributed by atoms with E-state index in [1.807, 2.05) is 17.0 Å². The Morgan fingerprint density at radius 1 is 1.30 bits per heavy atom. The number of rotatable bonds is 7. The number of carbonyl (C=O) groups excluding carboxylic acids is 2. The average molecular weight is 318 g/mol. The maximum atomic E-state index is 12.2. The summed E-state index contributed by atoms with van der Waals surface area (Å²) in [4.78, 5) is 25.7. The van der Waals surface area contributed by atoms with E-state index in [1.165, 1.54) is 0 Å². The fraction of sp³-hybridized carbons (Fsp3) is 0.556. The molecule has 1 saturated heterocycles. The summed E-state index contributed by atoms with van der Waals surface area (Å²) in [5.74, 6) is 0.438. The topological polar surface area (TPSA) is 69.6 Å². The molecule has 2 amide bonds. The molecule has 2 rings (SSSR count). The van der Waals surface area contributed by atoms with Crippen molar-refractivity contribution in [3.8, 4) is 0 Å². The van der Waals surface area contributed by atoms with Crippen LogP contribution in [0.4, 0.5) is 0 Å². The second kappa shape index (κ2) is 8.11. The molecule has 5 heteroatoms. The number of carbonyl (C=O) groups is 2. The molecule has 1 aromatic rings. The average Bonchev–Trinajstić information content (AvgIpc) is 2.92. The van der Waals surface area contributed by atoms with Crippen LogP contribution in [0, 0.1) is 5.92 Å². The molecule has 1 fully saturated rings. The number of amides is 2. The Morgan fingerprint density at radius 2 is 2.00 bits per heavy atom. The zero-order valence-corrected chi connectivity index (χ0v) is 13.9. The highest BCUT2D eigenvalue weighted by molar-refractivity contribution is 5.94. The molecule has 126 valence electrons. The summed E-state index contributed by atoms with van der Waals surface area (Å²) in [5.41, 5.74) is 1.60. The lowest BCUT2D eigenvalue weighted by Gasteiger charge is -2.18. The number of benzene rings is 1. The third-order valence-corrected chi connectivity index (χ3v) is 4.07.